The third-order valence-corrected chi connectivity index (χ3v) is 3.46. The molecule has 0 saturated carbocycles. The van der Waals surface area contributed by atoms with Crippen LogP contribution in [0.1, 0.15) is 0 Å². The highest BCUT2D eigenvalue weighted by Gasteiger charge is 2.14. The molecule has 1 aromatic heterocycles. The van der Waals surface area contributed by atoms with Crippen LogP contribution in [-0.2, 0) is 10.0 Å². The van der Waals surface area contributed by atoms with E-state index in [9.17, 15) is 8.42 Å². The summed E-state index contributed by atoms with van der Waals surface area (Å²) in [5, 5.41) is 0. The lowest BCUT2D eigenvalue weighted by Gasteiger charge is -2.07. The van der Waals surface area contributed by atoms with Gasteiger partial charge in [-0.3, -0.25) is 4.72 Å². The van der Waals surface area contributed by atoms with Crippen molar-refractivity contribution in [3.63, 3.8) is 0 Å². The summed E-state index contributed by atoms with van der Waals surface area (Å²) in [6.07, 6.45) is 1.09. The summed E-state index contributed by atoms with van der Waals surface area (Å²) in [7, 11) is -3.38. The molecule has 7 heteroatoms. The van der Waals surface area contributed by atoms with Crippen LogP contribution in [0.3, 0.4) is 0 Å². The topological polar surface area (TPSA) is 98.2 Å². The van der Waals surface area contributed by atoms with Gasteiger partial charge >= 0.3 is 0 Å². The van der Waals surface area contributed by atoms with Gasteiger partial charge in [0.05, 0.1) is 17.5 Å². The van der Waals surface area contributed by atoms with Crippen molar-refractivity contribution in [3.8, 4) is 11.5 Å². The lowest BCUT2D eigenvalue weighted by atomic mass is 10.2. The van der Waals surface area contributed by atoms with Crippen molar-refractivity contribution in [1.82, 2.24) is 4.98 Å². The van der Waals surface area contributed by atoms with Crippen LogP contribution in [-0.4, -0.2) is 19.7 Å². The molecule has 3 aromatic rings. The number of nitrogen functional groups attached to an aromatic ring is 1. The van der Waals surface area contributed by atoms with Crippen LogP contribution >= 0.6 is 0 Å². The molecular formula is C14H13N3O3S. The molecule has 3 N–H and O–H groups in total. The van der Waals surface area contributed by atoms with Crippen molar-refractivity contribution < 1.29 is 12.8 Å². The molecule has 3 rings (SSSR count). The first kappa shape index (κ1) is 13.4. The third kappa shape index (κ3) is 2.82. The SMILES string of the molecule is CS(=O)(=O)Nc1ccccc1-c1nc2ccc(N)cc2o1. The number of oxazole rings is 1. The number of nitrogens with two attached hydrogens (primary N) is 1. The van der Waals surface area contributed by atoms with Crippen LogP contribution in [0.5, 0.6) is 0 Å². The molecule has 0 saturated heterocycles. The van der Waals surface area contributed by atoms with E-state index in [2.05, 4.69) is 9.71 Å². The number of fused-ring (bicyclic) bond motifs is 1. The molecule has 21 heavy (non-hydrogen) atoms. The largest absolute Gasteiger partial charge is 0.436 e. The molecule has 0 spiro atoms. The summed E-state index contributed by atoms with van der Waals surface area (Å²) >= 11 is 0. The number of sulfonamides is 1. The average molecular weight is 303 g/mol. The Balaban J connectivity index is 2.14. The van der Waals surface area contributed by atoms with Gasteiger partial charge in [0, 0.05) is 11.8 Å². The Bertz CT molecular complexity index is 916. The minimum atomic E-state index is -3.38. The molecule has 0 radical (unpaired) electrons. The van der Waals surface area contributed by atoms with Crippen LogP contribution in [0.4, 0.5) is 11.4 Å². The normalized spacial score (nSPS) is 11.7. The van der Waals surface area contributed by atoms with Gasteiger partial charge in [0.2, 0.25) is 15.9 Å². The summed E-state index contributed by atoms with van der Waals surface area (Å²) in [6.45, 7) is 0. The molecule has 6 nitrogen and oxygen atoms in total. The maximum Gasteiger partial charge on any atom is 0.229 e. The quantitative estimate of drug-likeness (QED) is 0.724. The number of rotatable bonds is 3. The highest BCUT2D eigenvalue weighted by Crippen LogP contribution is 2.31. The minimum absolute atomic E-state index is 0.336. The fourth-order valence-corrected chi connectivity index (χ4v) is 2.59. The minimum Gasteiger partial charge on any atom is -0.436 e. The van der Waals surface area contributed by atoms with Gasteiger partial charge in [0.25, 0.3) is 0 Å². The maximum atomic E-state index is 11.4. The third-order valence-electron chi connectivity index (χ3n) is 2.87. The van der Waals surface area contributed by atoms with Crippen LogP contribution in [0.25, 0.3) is 22.6 Å². The van der Waals surface area contributed by atoms with Gasteiger partial charge < -0.3 is 10.2 Å². The van der Waals surface area contributed by atoms with Gasteiger partial charge in [0.1, 0.15) is 5.52 Å². The summed E-state index contributed by atoms with van der Waals surface area (Å²) in [4.78, 5) is 4.36. The Morgan fingerprint density at radius 3 is 2.71 bits per heavy atom. The van der Waals surface area contributed by atoms with Crippen molar-refractivity contribution in [3.05, 3.63) is 42.5 Å². The predicted octanol–water partition coefficient (Wildman–Crippen LogP) is 2.45. The highest BCUT2D eigenvalue weighted by atomic mass is 32.2. The van der Waals surface area contributed by atoms with Crippen LogP contribution in [0.15, 0.2) is 46.9 Å². The van der Waals surface area contributed by atoms with Crippen molar-refractivity contribution in [2.45, 2.75) is 0 Å². The Hall–Kier alpha value is -2.54. The van der Waals surface area contributed by atoms with Gasteiger partial charge in [-0.15, -0.1) is 0 Å². The smallest absolute Gasteiger partial charge is 0.229 e. The summed E-state index contributed by atoms with van der Waals surface area (Å²) in [5.74, 6) is 0.336. The van der Waals surface area contributed by atoms with Gasteiger partial charge in [-0.1, -0.05) is 12.1 Å². The standard InChI is InChI=1S/C14H13N3O3S/c1-21(18,19)17-11-5-3-2-4-10(11)14-16-12-7-6-9(15)8-13(12)20-14/h2-8,17H,15H2,1H3. The monoisotopic (exact) mass is 303 g/mol. The predicted molar refractivity (Wildman–Crippen MR) is 82.3 cm³/mol. The lowest BCUT2D eigenvalue weighted by molar-refractivity contribution is 0.606. The second kappa shape index (κ2) is 4.78. The summed E-state index contributed by atoms with van der Waals surface area (Å²) in [5.41, 5.74) is 8.48. The Kier molecular flexibility index (Phi) is 3.06. The number of nitrogens with one attached hydrogen (secondary N) is 1. The van der Waals surface area contributed by atoms with Gasteiger partial charge in [-0.2, -0.15) is 0 Å². The van der Waals surface area contributed by atoms with Gasteiger partial charge in [0.15, 0.2) is 5.58 Å². The van der Waals surface area contributed by atoms with E-state index in [1.807, 2.05) is 0 Å². The molecular weight excluding hydrogens is 290 g/mol. The Morgan fingerprint density at radius 2 is 1.95 bits per heavy atom. The van der Waals surface area contributed by atoms with Crippen LogP contribution in [0, 0.1) is 0 Å². The van der Waals surface area contributed by atoms with Crippen molar-refractivity contribution in [2.75, 3.05) is 16.7 Å². The first-order valence-electron chi connectivity index (χ1n) is 6.16. The first-order chi connectivity index (χ1) is 9.92. The number of anilines is 2. The zero-order chi connectivity index (χ0) is 15.0. The number of nitrogens with zero attached hydrogens (tertiary/aromatic N) is 1. The highest BCUT2D eigenvalue weighted by molar-refractivity contribution is 7.92. The van der Waals surface area contributed by atoms with E-state index >= 15 is 0 Å². The number of aromatic nitrogens is 1. The second-order valence-corrected chi connectivity index (χ2v) is 6.41. The number of hydrogen-bond acceptors (Lipinski definition) is 5. The average Bonchev–Trinajstić information content (AvgIpc) is 2.80. The van der Waals surface area contributed by atoms with Gasteiger partial charge in [-0.25, -0.2) is 13.4 Å². The molecule has 0 aliphatic rings. The van der Waals surface area contributed by atoms with E-state index in [0.717, 1.165) is 6.26 Å². The Morgan fingerprint density at radius 1 is 1.19 bits per heavy atom. The fraction of sp³-hybridized carbons (Fsp3) is 0.0714. The van der Waals surface area contributed by atoms with E-state index in [-0.39, 0.29) is 0 Å². The molecule has 0 bridgehead atoms. The number of para-hydroxylation sites is 1. The zero-order valence-electron chi connectivity index (χ0n) is 11.2. The molecule has 0 atom stereocenters. The molecule has 108 valence electrons. The van der Waals surface area contributed by atoms with E-state index in [4.69, 9.17) is 10.2 Å². The van der Waals surface area contributed by atoms with Crippen molar-refractivity contribution in [1.29, 1.82) is 0 Å². The summed E-state index contributed by atoms with van der Waals surface area (Å²) < 4.78 is 31.0. The fourth-order valence-electron chi connectivity index (χ4n) is 2.01. The van der Waals surface area contributed by atoms with Crippen molar-refractivity contribution in [2.24, 2.45) is 0 Å². The zero-order valence-corrected chi connectivity index (χ0v) is 12.0. The lowest BCUT2D eigenvalue weighted by Crippen LogP contribution is -2.10. The summed E-state index contributed by atoms with van der Waals surface area (Å²) in [6, 6.07) is 12.1. The molecule has 0 aliphatic heterocycles. The molecule has 2 aromatic carbocycles. The van der Waals surface area contributed by atoms with Crippen molar-refractivity contribution >= 4 is 32.5 Å². The van der Waals surface area contributed by atoms with Crippen LogP contribution in [0.2, 0.25) is 0 Å². The van der Waals surface area contributed by atoms with Crippen LogP contribution < -0.4 is 10.5 Å². The molecule has 0 amide bonds. The Labute approximate surface area is 121 Å². The van der Waals surface area contributed by atoms with E-state index in [1.54, 1.807) is 42.5 Å². The number of benzene rings is 2. The number of hydrogen-bond donors (Lipinski definition) is 2. The second-order valence-electron chi connectivity index (χ2n) is 4.67. The van der Waals surface area contributed by atoms with E-state index in [0.29, 0.717) is 33.9 Å². The van der Waals surface area contributed by atoms with E-state index in [1.165, 1.54) is 0 Å². The maximum absolute atomic E-state index is 11.4. The molecule has 1 heterocycles. The van der Waals surface area contributed by atoms with E-state index < -0.39 is 10.0 Å². The molecule has 0 fully saturated rings. The molecule has 0 unspecified atom stereocenters. The molecule has 0 aliphatic carbocycles. The first-order valence-corrected chi connectivity index (χ1v) is 8.05. The van der Waals surface area contributed by atoms with Gasteiger partial charge in [-0.05, 0) is 24.3 Å².